The predicted molar refractivity (Wildman–Crippen MR) is 95.5 cm³/mol. The molecular weight excluding hydrogens is 323 g/mol. The molecule has 0 saturated carbocycles. The molecule has 128 valence electrons. The van der Waals surface area contributed by atoms with Gasteiger partial charge in [0.2, 0.25) is 0 Å². The number of hydrogen-bond acceptors (Lipinski definition) is 4. The van der Waals surface area contributed by atoms with Crippen molar-refractivity contribution in [2.45, 2.75) is 32.7 Å². The zero-order valence-corrected chi connectivity index (χ0v) is 14.9. The highest BCUT2D eigenvalue weighted by Crippen LogP contribution is 2.33. The molecule has 1 aliphatic rings. The van der Waals surface area contributed by atoms with Crippen LogP contribution in [0.15, 0.2) is 18.2 Å². The second-order valence-electron chi connectivity index (χ2n) is 6.02. The molecule has 6 heteroatoms. The molecule has 1 saturated heterocycles. The van der Waals surface area contributed by atoms with Crippen LogP contribution in [0.4, 0.5) is 0 Å². The summed E-state index contributed by atoms with van der Waals surface area (Å²) in [7, 11) is 0. The summed E-state index contributed by atoms with van der Waals surface area (Å²) in [6.07, 6.45) is 2.25. The van der Waals surface area contributed by atoms with Gasteiger partial charge in [0.15, 0.2) is 11.5 Å². The molecule has 2 rings (SSSR count). The summed E-state index contributed by atoms with van der Waals surface area (Å²) in [6, 6.07) is 5.56. The fourth-order valence-electron chi connectivity index (χ4n) is 2.79. The Hall–Kier alpha value is -0.680. The molecule has 0 amide bonds. The SMILES string of the molecule is CC(C)CC[C@H](c1ccc(O)c(O)c1)N1CCNCC1.Cl.Cl. The van der Waals surface area contributed by atoms with E-state index in [0.717, 1.165) is 44.6 Å². The van der Waals surface area contributed by atoms with Crippen LogP contribution in [0.2, 0.25) is 0 Å². The van der Waals surface area contributed by atoms with Crippen molar-refractivity contribution in [2.24, 2.45) is 5.92 Å². The first-order valence-electron chi connectivity index (χ1n) is 7.54. The summed E-state index contributed by atoms with van der Waals surface area (Å²) in [5, 5.41) is 22.6. The number of phenolic OH excluding ortho intramolecular Hbond substituents is 2. The first kappa shape index (κ1) is 21.3. The van der Waals surface area contributed by atoms with Crippen molar-refractivity contribution in [1.29, 1.82) is 0 Å². The number of benzene rings is 1. The highest BCUT2D eigenvalue weighted by atomic mass is 35.5. The van der Waals surface area contributed by atoms with Gasteiger partial charge in [0.05, 0.1) is 0 Å². The molecule has 0 radical (unpaired) electrons. The van der Waals surface area contributed by atoms with Crippen LogP contribution >= 0.6 is 24.8 Å². The summed E-state index contributed by atoms with van der Waals surface area (Å²) in [6.45, 7) is 8.57. The minimum Gasteiger partial charge on any atom is -0.504 e. The average Bonchev–Trinajstić information content (AvgIpc) is 2.44. The van der Waals surface area contributed by atoms with Crippen LogP contribution in [0, 0.1) is 5.92 Å². The van der Waals surface area contributed by atoms with Gasteiger partial charge in [-0.05, 0) is 36.5 Å². The fourth-order valence-corrected chi connectivity index (χ4v) is 2.79. The predicted octanol–water partition coefficient (Wildman–Crippen LogP) is 3.32. The smallest absolute Gasteiger partial charge is 0.157 e. The van der Waals surface area contributed by atoms with Gasteiger partial charge in [-0.3, -0.25) is 4.90 Å². The lowest BCUT2D eigenvalue weighted by Gasteiger charge is -2.35. The first-order valence-corrected chi connectivity index (χ1v) is 7.54. The van der Waals surface area contributed by atoms with Crippen LogP contribution < -0.4 is 5.32 Å². The summed E-state index contributed by atoms with van der Waals surface area (Å²) >= 11 is 0. The van der Waals surface area contributed by atoms with Crippen molar-refractivity contribution in [3.63, 3.8) is 0 Å². The lowest BCUT2D eigenvalue weighted by Crippen LogP contribution is -2.45. The van der Waals surface area contributed by atoms with Crippen LogP contribution in [0.1, 0.15) is 38.3 Å². The van der Waals surface area contributed by atoms with E-state index in [1.165, 1.54) is 0 Å². The van der Waals surface area contributed by atoms with Gasteiger partial charge in [-0.1, -0.05) is 19.9 Å². The maximum absolute atomic E-state index is 9.74. The Morgan fingerprint density at radius 1 is 1.05 bits per heavy atom. The van der Waals surface area contributed by atoms with Crippen molar-refractivity contribution in [3.05, 3.63) is 23.8 Å². The van der Waals surface area contributed by atoms with Gasteiger partial charge in [-0.25, -0.2) is 0 Å². The lowest BCUT2D eigenvalue weighted by atomic mass is 9.95. The van der Waals surface area contributed by atoms with E-state index in [1.807, 2.05) is 6.07 Å². The Bertz CT molecular complexity index is 438. The number of nitrogens with one attached hydrogen (secondary N) is 1. The molecule has 1 aliphatic heterocycles. The summed E-state index contributed by atoms with van der Waals surface area (Å²) in [5.74, 6) is 0.606. The van der Waals surface area contributed by atoms with Crippen LogP contribution in [0.25, 0.3) is 0 Å². The monoisotopic (exact) mass is 350 g/mol. The number of rotatable bonds is 5. The molecule has 22 heavy (non-hydrogen) atoms. The van der Waals surface area contributed by atoms with Crippen LogP contribution in [-0.2, 0) is 0 Å². The van der Waals surface area contributed by atoms with E-state index in [-0.39, 0.29) is 36.3 Å². The molecule has 1 aromatic carbocycles. The van der Waals surface area contributed by atoms with Gasteiger partial charge in [0.1, 0.15) is 0 Å². The van der Waals surface area contributed by atoms with Crippen LogP contribution in [0.3, 0.4) is 0 Å². The van der Waals surface area contributed by atoms with E-state index in [1.54, 1.807) is 12.1 Å². The Labute approximate surface area is 145 Å². The van der Waals surface area contributed by atoms with Crippen molar-refractivity contribution in [3.8, 4) is 11.5 Å². The van der Waals surface area contributed by atoms with Gasteiger partial charge in [0, 0.05) is 32.2 Å². The second kappa shape index (κ2) is 10.2. The van der Waals surface area contributed by atoms with E-state index < -0.39 is 0 Å². The van der Waals surface area contributed by atoms with Crippen molar-refractivity contribution < 1.29 is 10.2 Å². The number of phenols is 2. The molecule has 1 fully saturated rings. The Balaban J connectivity index is 0.00000220. The molecular formula is C16H28Cl2N2O2. The number of aromatic hydroxyl groups is 2. The number of halogens is 2. The van der Waals surface area contributed by atoms with Gasteiger partial charge < -0.3 is 15.5 Å². The van der Waals surface area contributed by atoms with Gasteiger partial charge in [-0.2, -0.15) is 0 Å². The van der Waals surface area contributed by atoms with Crippen molar-refractivity contribution in [2.75, 3.05) is 26.2 Å². The third kappa shape index (κ3) is 5.84. The summed E-state index contributed by atoms with van der Waals surface area (Å²) < 4.78 is 0. The highest BCUT2D eigenvalue weighted by molar-refractivity contribution is 5.85. The zero-order chi connectivity index (χ0) is 14.5. The third-order valence-corrected chi connectivity index (χ3v) is 3.99. The number of nitrogens with zero attached hydrogens (tertiary/aromatic N) is 1. The average molecular weight is 351 g/mol. The Morgan fingerprint density at radius 3 is 2.23 bits per heavy atom. The normalized spacial score (nSPS) is 16.7. The Morgan fingerprint density at radius 2 is 1.68 bits per heavy atom. The molecule has 1 heterocycles. The third-order valence-electron chi connectivity index (χ3n) is 3.99. The maximum atomic E-state index is 9.74. The van der Waals surface area contributed by atoms with E-state index in [0.29, 0.717) is 12.0 Å². The van der Waals surface area contributed by atoms with Crippen molar-refractivity contribution >= 4 is 24.8 Å². The van der Waals surface area contributed by atoms with E-state index in [2.05, 4.69) is 24.1 Å². The van der Waals surface area contributed by atoms with Gasteiger partial charge in [0.25, 0.3) is 0 Å². The number of piperazine rings is 1. The molecule has 0 unspecified atom stereocenters. The minimum atomic E-state index is -0.0447. The minimum absolute atomic E-state index is 0. The highest BCUT2D eigenvalue weighted by Gasteiger charge is 2.23. The van der Waals surface area contributed by atoms with E-state index in [4.69, 9.17) is 0 Å². The van der Waals surface area contributed by atoms with E-state index >= 15 is 0 Å². The molecule has 1 aromatic rings. The maximum Gasteiger partial charge on any atom is 0.157 e. The Kier molecular flexibility index (Phi) is 9.85. The van der Waals surface area contributed by atoms with Crippen molar-refractivity contribution in [1.82, 2.24) is 10.2 Å². The van der Waals surface area contributed by atoms with E-state index in [9.17, 15) is 10.2 Å². The molecule has 0 aliphatic carbocycles. The molecule has 0 bridgehead atoms. The quantitative estimate of drug-likeness (QED) is 0.713. The topological polar surface area (TPSA) is 55.7 Å². The second-order valence-corrected chi connectivity index (χ2v) is 6.02. The van der Waals surface area contributed by atoms with Crippen LogP contribution in [0.5, 0.6) is 11.5 Å². The number of hydrogen-bond donors (Lipinski definition) is 3. The molecule has 1 atom stereocenters. The zero-order valence-electron chi connectivity index (χ0n) is 13.3. The molecule has 0 spiro atoms. The summed E-state index contributed by atoms with van der Waals surface area (Å²) in [4.78, 5) is 2.48. The lowest BCUT2D eigenvalue weighted by molar-refractivity contribution is 0.159. The van der Waals surface area contributed by atoms with Gasteiger partial charge in [-0.15, -0.1) is 24.8 Å². The fraction of sp³-hybridized carbons (Fsp3) is 0.625. The first-order chi connectivity index (χ1) is 9.58. The molecule has 3 N–H and O–H groups in total. The standard InChI is InChI=1S/C16H26N2O2.2ClH/c1-12(2)3-5-14(18-9-7-17-8-10-18)13-4-6-15(19)16(20)11-13;;/h4,6,11-12,14,17,19-20H,3,5,7-10H2,1-2H3;2*1H/t14-;;/m1../s1. The van der Waals surface area contributed by atoms with Gasteiger partial charge >= 0.3 is 0 Å². The summed E-state index contributed by atoms with van der Waals surface area (Å²) in [5.41, 5.74) is 1.10. The molecule has 4 nitrogen and oxygen atoms in total. The largest absolute Gasteiger partial charge is 0.504 e. The van der Waals surface area contributed by atoms with Crippen LogP contribution in [-0.4, -0.2) is 41.3 Å². The molecule has 0 aromatic heterocycles.